The lowest BCUT2D eigenvalue weighted by molar-refractivity contribution is -0.160. The highest BCUT2D eigenvalue weighted by Crippen LogP contribution is 2.33. The Morgan fingerprint density at radius 3 is 2.61 bits per heavy atom. The second kappa shape index (κ2) is 8.72. The third-order valence-electron chi connectivity index (χ3n) is 4.85. The predicted molar refractivity (Wildman–Crippen MR) is 113 cm³/mol. The second-order valence-corrected chi connectivity index (χ2v) is 8.07. The molecule has 0 radical (unpaired) electrons. The highest BCUT2D eigenvalue weighted by Gasteiger charge is 2.29. The van der Waals surface area contributed by atoms with Gasteiger partial charge in [0.05, 0.1) is 27.4 Å². The monoisotopic (exact) mass is 466 g/mol. The number of nitrogens with zero attached hydrogens (tertiary/aromatic N) is 4. The van der Waals surface area contributed by atoms with Gasteiger partial charge in [0, 0.05) is 26.2 Å². The van der Waals surface area contributed by atoms with E-state index in [-0.39, 0.29) is 23.0 Å². The van der Waals surface area contributed by atoms with Crippen molar-refractivity contribution >= 4 is 50.8 Å². The summed E-state index contributed by atoms with van der Waals surface area (Å²) < 4.78 is 34.0. The largest absolute Gasteiger partial charge is 0.459 e. The highest BCUT2D eigenvalue weighted by atomic mass is 35.5. The lowest BCUT2D eigenvalue weighted by Crippen LogP contribution is -2.51. The zero-order valence-electron chi connectivity index (χ0n) is 16.4. The van der Waals surface area contributed by atoms with Gasteiger partial charge in [-0.1, -0.05) is 11.6 Å². The Labute approximate surface area is 185 Å². The smallest absolute Gasteiger partial charge is 0.397 e. The van der Waals surface area contributed by atoms with Gasteiger partial charge in [0.1, 0.15) is 11.6 Å². The first-order valence-electron chi connectivity index (χ1n) is 9.50. The lowest BCUT2D eigenvalue weighted by Gasteiger charge is -2.35. The van der Waals surface area contributed by atoms with Crippen LogP contribution in [0.25, 0.3) is 21.6 Å². The average molecular weight is 467 g/mol. The number of anilines is 1. The Hall–Kier alpha value is -2.85. The first kappa shape index (κ1) is 21.4. The Bertz CT molecular complexity index is 1160. The van der Waals surface area contributed by atoms with Gasteiger partial charge in [-0.2, -0.15) is 0 Å². The summed E-state index contributed by atoms with van der Waals surface area (Å²) in [5.41, 5.74) is 0.511. The van der Waals surface area contributed by atoms with Crippen molar-refractivity contribution in [2.75, 3.05) is 37.7 Å². The van der Waals surface area contributed by atoms with Crippen LogP contribution in [0.5, 0.6) is 0 Å². The van der Waals surface area contributed by atoms with Crippen LogP contribution in [0.4, 0.5) is 14.6 Å². The van der Waals surface area contributed by atoms with E-state index in [1.165, 1.54) is 16.2 Å². The normalized spacial score (nSPS) is 14.2. The molecule has 3 aromatic rings. The molecule has 1 aliphatic heterocycles. The van der Waals surface area contributed by atoms with Crippen LogP contribution in [0, 0.1) is 11.6 Å². The maximum Gasteiger partial charge on any atom is 0.397 e. The van der Waals surface area contributed by atoms with Gasteiger partial charge in [0.2, 0.25) is 0 Å². The van der Waals surface area contributed by atoms with Crippen LogP contribution in [-0.4, -0.2) is 59.5 Å². The van der Waals surface area contributed by atoms with Crippen LogP contribution < -0.4 is 4.90 Å². The number of hydrogen-bond donors (Lipinski definition) is 0. The van der Waals surface area contributed by atoms with Crippen molar-refractivity contribution in [3.05, 3.63) is 40.2 Å². The summed E-state index contributed by atoms with van der Waals surface area (Å²) in [6.07, 6.45) is 0. The summed E-state index contributed by atoms with van der Waals surface area (Å²) in [6.45, 7) is 3.18. The Morgan fingerprint density at radius 2 is 1.90 bits per heavy atom. The van der Waals surface area contributed by atoms with Gasteiger partial charge in [-0.15, -0.1) is 11.3 Å². The van der Waals surface area contributed by atoms with Crippen LogP contribution in [0.3, 0.4) is 0 Å². The molecule has 1 aromatic carbocycles. The molecular formula is C20H17ClF2N4O3S. The number of piperazine rings is 1. The molecule has 0 atom stereocenters. The van der Waals surface area contributed by atoms with Crippen molar-refractivity contribution in [1.29, 1.82) is 0 Å². The van der Waals surface area contributed by atoms with E-state index in [0.29, 0.717) is 37.5 Å². The van der Waals surface area contributed by atoms with E-state index < -0.39 is 23.5 Å². The van der Waals surface area contributed by atoms with Gasteiger partial charge >= 0.3 is 11.9 Å². The third kappa shape index (κ3) is 4.17. The van der Waals surface area contributed by atoms with Crippen LogP contribution in [0.1, 0.15) is 6.92 Å². The van der Waals surface area contributed by atoms with Crippen LogP contribution in [0.2, 0.25) is 5.02 Å². The zero-order chi connectivity index (χ0) is 22.1. The van der Waals surface area contributed by atoms with Gasteiger partial charge in [-0.3, -0.25) is 4.79 Å². The summed E-state index contributed by atoms with van der Waals surface area (Å²) in [4.78, 5) is 36.1. The number of aromatic nitrogens is 2. The van der Waals surface area contributed by atoms with Gasteiger partial charge in [-0.05, 0) is 30.5 Å². The molecule has 1 aliphatic rings. The summed E-state index contributed by atoms with van der Waals surface area (Å²) in [6, 6.07) is 3.65. The minimum Gasteiger partial charge on any atom is -0.459 e. The van der Waals surface area contributed by atoms with E-state index in [9.17, 15) is 18.4 Å². The molecule has 162 valence electrons. The number of fused-ring (bicyclic) bond motifs is 1. The molecule has 0 spiro atoms. The molecule has 0 aliphatic carbocycles. The maximum absolute atomic E-state index is 14.5. The van der Waals surface area contributed by atoms with Gasteiger partial charge in [0.15, 0.2) is 11.6 Å². The molecule has 3 heterocycles. The molecule has 7 nitrogen and oxygen atoms in total. The highest BCUT2D eigenvalue weighted by molar-refractivity contribution is 7.17. The molecule has 1 amide bonds. The van der Waals surface area contributed by atoms with E-state index in [4.69, 9.17) is 16.3 Å². The van der Waals surface area contributed by atoms with E-state index in [2.05, 4.69) is 9.97 Å². The minimum absolute atomic E-state index is 0.0407. The average Bonchev–Trinajstić information content (AvgIpc) is 3.24. The number of hydrogen-bond acceptors (Lipinski definition) is 7. The molecule has 2 aromatic heterocycles. The van der Waals surface area contributed by atoms with Crippen molar-refractivity contribution in [3.63, 3.8) is 0 Å². The second-order valence-electron chi connectivity index (χ2n) is 6.75. The molecule has 0 N–H and O–H groups in total. The first-order chi connectivity index (χ1) is 14.9. The predicted octanol–water partition coefficient (Wildman–Crippen LogP) is 3.50. The summed E-state index contributed by atoms with van der Waals surface area (Å²) in [5.74, 6) is -2.44. The summed E-state index contributed by atoms with van der Waals surface area (Å²) in [5, 5.41) is 1.52. The van der Waals surface area contributed by atoms with Gasteiger partial charge < -0.3 is 14.5 Å². The van der Waals surface area contributed by atoms with Crippen LogP contribution in [0.15, 0.2) is 23.6 Å². The molecular weight excluding hydrogens is 450 g/mol. The van der Waals surface area contributed by atoms with E-state index in [1.54, 1.807) is 13.0 Å². The molecule has 0 unspecified atom stereocenters. The molecule has 1 saturated heterocycles. The number of amides is 1. The van der Waals surface area contributed by atoms with E-state index >= 15 is 0 Å². The number of ether oxygens (including phenoxy) is 1. The SMILES string of the molecule is CCOC(=O)C(=O)N1CCN(c2nc(-c3cc(F)c(Cl)cc3F)nc3ccsc23)CC1. The number of carbonyl (C=O) groups is 2. The fourth-order valence-electron chi connectivity index (χ4n) is 3.32. The Morgan fingerprint density at radius 1 is 1.16 bits per heavy atom. The topological polar surface area (TPSA) is 75.6 Å². The van der Waals surface area contributed by atoms with E-state index in [0.717, 1.165) is 16.8 Å². The number of halogens is 3. The van der Waals surface area contributed by atoms with Crippen molar-refractivity contribution in [2.45, 2.75) is 6.92 Å². The molecule has 11 heteroatoms. The number of benzene rings is 1. The van der Waals surface area contributed by atoms with Crippen LogP contribution in [-0.2, 0) is 14.3 Å². The maximum atomic E-state index is 14.5. The van der Waals surface area contributed by atoms with Crippen molar-refractivity contribution < 1.29 is 23.1 Å². The quantitative estimate of drug-likeness (QED) is 0.334. The molecule has 31 heavy (non-hydrogen) atoms. The van der Waals surface area contributed by atoms with Crippen LogP contribution >= 0.6 is 22.9 Å². The fourth-order valence-corrected chi connectivity index (χ4v) is 4.32. The number of esters is 1. The summed E-state index contributed by atoms with van der Waals surface area (Å²) in [7, 11) is 0. The van der Waals surface area contributed by atoms with Gasteiger partial charge in [0.25, 0.3) is 0 Å². The summed E-state index contributed by atoms with van der Waals surface area (Å²) >= 11 is 7.09. The van der Waals surface area contributed by atoms with E-state index in [1.807, 2.05) is 10.3 Å². The molecule has 4 rings (SSSR count). The molecule has 1 fully saturated rings. The molecule has 0 bridgehead atoms. The minimum atomic E-state index is -0.874. The number of rotatable bonds is 3. The van der Waals surface area contributed by atoms with Gasteiger partial charge in [-0.25, -0.2) is 23.5 Å². The third-order valence-corrected chi connectivity index (χ3v) is 6.04. The Kier molecular flexibility index (Phi) is 6.01. The fraction of sp³-hybridized carbons (Fsp3) is 0.300. The van der Waals surface area contributed by atoms with Crippen molar-refractivity contribution in [1.82, 2.24) is 14.9 Å². The standard InChI is InChI=1S/C20H17ClF2N4O3S/c1-2-30-20(29)19(28)27-6-4-26(5-7-27)18-16-15(3-8-31-16)24-17(25-18)11-9-14(23)12(21)10-13(11)22/h3,8-10H,2,4-7H2,1H3. The molecule has 0 saturated carbocycles. The van der Waals surface area contributed by atoms with Crippen molar-refractivity contribution in [3.8, 4) is 11.4 Å². The lowest BCUT2D eigenvalue weighted by atomic mass is 10.2. The zero-order valence-corrected chi connectivity index (χ0v) is 18.0. The first-order valence-corrected chi connectivity index (χ1v) is 10.8. The number of carbonyl (C=O) groups excluding carboxylic acids is 2. The Balaban J connectivity index is 1.63. The number of thiophene rings is 1. The van der Waals surface area contributed by atoms with Crippen molar-refractivity contribution in [2.24, 2.45) is 0 Å².